The summed E-state index contributed by atoms with van der Waals surface area (Å²) in [5.41, 5.74) is 11.0. The van der Waals surface area contributed by atoms with Crippen molar-refractivity contribution in [1.82, 2.24) is 21.3 Å². The third-order valence-electron chi connectivity index (χ3n) is 3.91. The first-order valence-electron chi connectivity index (χ1n) is 9.44. The lowest BCUT2D eigenvalue weighted by Gasteiger charge is -2.19. The summed E-state index contributed by atoms with van der Waals surface area (Å²) >= 11 is 0. The number of nitrogens with one attached hydrogen (secondary N) is 4. The van der Waals surface area contributed by atoms with Crippen LogP contribution in [0.25, 0.3) is 0 Å². The van der Waals surface area contributed by atoms with E-state index < -0.39 is 35.6 Å². The van der Waals surface area contributed by atoms with Gasteiger partial charge in [-0.3, -0.25) is 24.0 Å². The first-order valence-corrected chi connectivity index (χ1v) is 9.44. The highest BCUT2D eigenvalue weighted by atomic mass is 16.2. The summed E-state index contributed by atoms with van der Waals surface area (Å²) in [6.07, 6.45) is 0.748. The second-order valence-corrected chi connectivity index (χ2v) is 6.43. The van der Waals surface area contributed by atoms with Gasteiger partial charge in [0.25, 0.3) is 0 Å². The Labute approximate surface area is 174 Å². The van der Waals surface area contributed by atoms with Crippen molar-refractivity contribution in [2.75, 3.05) is 26.2 Å². The Hall–Kier alpha value is -3.47. The number of amides is 5. The third kappa shape index (κ3) is 10.8. The van der Waals surface area contributed by atoms with Crippen LogP contribution in [0.1, 0.15) is 18.4 Å². The quantitative estimate of drug-likeness (QED) is 0.188. The molecule has 0 aliphatic heterocycles. The SMILES string of the molecule is NCC(=O)NCC(=O)N[C@@H](Cc1ccccc1)C(=O)NCC(=O)NCCCC(N)=O. The van der Waals surface area contributed by atoms with Gasteiger partial charge in [0.05, 0.1) is 19.6 Å². The fourth-order valence-corrected chi connectivity index (χ4v) is 2.40. The summed E-state index contributed by atoms with van der Waals surface area (Å²) in [4.78, 5) is 58.3. The van der Waals surface area contributed by atoms with Gasteiger partial charge in [-0.15, -0.1) is 0 Å². The molecule has 30 heavy (non-hydrogen) atoms. The van der Waals surface area contributed by atoms with Crippen molar-refractivity contribution in [3.8, 4) is 0 Å². The van der Waals surface area contributed by atoms with Crippen LogP contribution in [0.15, 0.2) is 30.3 Å². The molecule has 1 aromatic carbocycles. The molecule has 0 unspecified atom stereocenters. The Balaban J connectivity index is 2.58. The van der Waals surface area contributed by atoms with Crippen LogP contribution >= 0.6 is 0 Å². The Morgan fingerprint density at radius 2 is 1.53 bits per heavy atom. The number of nitrogens with two attached hydrogens (primary N) is 2. The zero-order valence-corrected chi connectivity index (χ0v) is 16.6. The van der Waals surface area contributed by atoms with E-state index >= 15 is 0 Å². The van der Waals surface area contributed by atoms with Crippen LogP contribution in [0, 0.1) is 0 Å². The second kappa shape index (κ2) is 13.7. The minimum absolute atomic E-state index is 0.151. The van der Waals surface area contributed by atoms with Gasteiger partial charge in [-0.05, 0) is 12.0 Å². The van der Waals surface area contributed by atoms with Crippen molar-refractivity contribution < 1.29 is 24.0 Å². The van der Waals surface area contributed by atoms with Crippen LogP contribution in [0.3, 0.4) is 0 Å². The molecule has 164 valence electrons. The molecule has 0 saturated heterocycles. The summed E-state index contributed by atoms with van der Waals surface area (Å²) in [6.45, 7) is -0.617. The number of hydrogen-bond acceptors (Lipinski definition) is 6. The minimum atomic E-state index is -0.947. The van der Waals surface area contributed by atoms with Gasteiger partial charge < -0.3 is 32.7 Å². The molecule has 5 amide bonds. The second-order valence-electron chi connectivity index (χ2n) is 6.43. The Kier molecular flexibility index (Phi) is 11.2. The zero-order valence-electron chi connectivity index (χ0n) is 16.6. The van der Waals surface area contributed by atoms with Crippen LogP contribution in [0.2, 0.25) is 0 Å². The van der Waals surface area contributed by atoms with Gasteiger partial charge in [-0.25, -0.2) is 0 Å². The highest BCUT2D eigenvalue weighted by Crippen LogP contribution is 2.03. The van der Waals surface area contributed by atoms with E-state index in [9.17, 15) is 24.0 Å². The van der Waals surface area contributed by atoms with Gasteiger partial charge in [-0.2, -0.15) is 0 Å². The topological polar surface area (TPSA) is 186 Å². The number of primary amides is 1. The van der Waals surface area contributed by atoms with E-state index in [4.69, 9.17) is 11.5 Å². The van der Waals surface area contributed by atoms with Gasteiger partial charge in [0.1, 0.15) is 6.04 Å². The Morgan fingerprint density at radius 3 is 2.17 bits per heavy atom. The van der Waals surface area contributed by atoms with Gasteiger partial charge in [0, 0.05) is 19.4 Å². The fourth-order valence-electron chi connectivity index (χ4n) is 2.40. The summed E-state index contributed by atoms with van der Waals surface area (Å²) in [5.74, 6) is -2.51. The maximum Gasteiger partial charge on any atom is 0.243 e. The number of carbonyl (C=O) groups excluding carboxylic acids is 5. The maximum absolute atomic E-state index is 12.5. The molecule has 1 rings (SSSR count). The monoisotopic (exact) mass is 420 g/mol. The molecule has 11 heteroatoms. The number of hydrogen-bond donors (Lipinski definition) is 6. The average Bonchev–Trinajstić information content (AvgIpc) is 2.73. The molecule has 0 bridgehead atoms. The fraction of sp³-hybridized carbons (Fsp3) is 0.421. The number of rotatable bonds is 13. The molecule has 0 radical (unpaired) electrons. The molecule has 1 atom stereocenters. The molecule has 0 aliphatic carbocycles. The molecule has 0 heterocycles. The first kappa shape index (κ1) is 24.6. The van der Waals surface area contributed by atoms with Gasteiger partial charge in [0.15, 0.2) is 0 Å². The normalized spacial score (nSPS) is 11.1. The number of carbonyl (C=O) groups is 5. The van der Waals surface area contributed by atoms with Crippen molar-refractivity contribution >= 4 is 29.5 Å². The van der Waals surface area contributed by atoms with E-state index in [1.165, 1.54) is 0 Å². The predicted molar refractivity (Wildman–Crippen MR) is 109 cm³/mol. The van der Waals surface area contributed by atoms with Crippen molar-refractivity contribution in [3.63, 3.8) is 0 Å². The molecular formula is C19H28N6O5. The van der Waals surface area contributed by atoms with E-state index in [0.717, 1.165) is 5.56 Å². The Bertz CT molecular complexity index is 740. The molecule has 0 aliphatic rings. The third-order valence-corrected chi connectivity index (χ3v) is 3.91. The minimum Gasteiger partial charge on any atom is -0.370 e. The van der Waals surface area contributed by atoms with Crippen LogP contribution in [-0.2, 0) is 30.4 Å². The molecular weight excluding hydrogens is 392 g/mol. The Morgan fingerprint density at radius 1 is 0.867 bits per heavy atom. The van der Waals surface area contributed by atoms with Crippen LogP contribution in [0.5, 0.6) is 0 Å². The standard InChI is InChI=1S/C19H28N6O5/c20-10-16(27)23-12-18(29)25-14(9-13-5-2-1-3-6-13)19(30)24-11-17(28)22-8-4-7-15(21)26/h1-3,5-6,14H,4,7-12,20H2,(H2,21,26)(H,22,28)(H,23,27)(H,24,30)(H,25,29)/t14-/m0/s1. The van der Waals surface area contributed by atoms with Crippen LogP contribution < -0.4 is 32.7 Å². The molecule has 1 aromatic rings. The van der Waals surface area contributed by atoms with E-state index in [0.29, 0.717) is 6.42 Å². The van der Waals surface area contributed by atoms with Crippen molar-refractivity contribution in [1.29, 1.82) is 0 Å². The highest BCUT2D eigenvalue weighted by molar-refractivity contribution is 5.92. The predicted octanol–water partition coefficient (Wildman–Crippen LogP) is -2.71. The van der Waals surface area contributed by atoms with Gasteiger partial charge in [-0.1, -0.05) is 30.3 Å². The first-order chi connectivity index (χ1) is 14.3. The molecule has 8 N–H and O–H groups in total. The zero-order chi connectivity index (χ0) is 22.4. The van der Waals surface area contributed by atoms with E-state index in [1.807, 2.05) is 6.07 Å². The van der Waals surface area contributed by atoms with Crippen molar-refractivity contribution in [3.05, 3.63) is 35.9 Å². The van der Waals surface area contributed by atoms with E-state index in [-0.39, 0.29) is 39.0 Å². The van der Waals surface area contributed by atoms with E-state index in [2.05, 4.69) is 21.3 Å². The largest absolute Gasteiger partial charge is 0.370 e. The number of benzene rings is 1. The van der Waals surface area contributed by atoms with Gasteiger partial charge >= 0.3 is 0 Å². The molecule has 11 nitrogen and oxygen atoms in total. The summed E-state index contributed by atoms with van der Waals surface area (Å²) in [5, 5.41) is 9.89. The van der Waals surface area contributed by atoms with Gasteiger partial charge in [0.2, 0.25) is 29.5 Å². The van der Waals surface area contributed by atoms with Crippen molar-refractivity contribution in [2.24, 2.45) is 11.5 Å². The molecule has 0 fully saturated rings. The lowest BCUT2D eigenvalue weighted by atomic mass is 10.1. The summed E-state index contributed by atoms with van der Waals surface area (Å²) in [6, 6.07) is 8.07. The lowest BCUT2D eigenvalue weighted by Crippen LogP contribution is -2.52. The van der Waals surface area contributed by atoms with Crippen LogP contribution in [0.4, 0.5) is 0 Å². The molecule has 0 spiro atoms. The molecule has 0 saturated carbocycles. The molecule has 0 aromatic heterocycles. The lowest BCUT2D eigenvalue weighted by molar-refractivity contribution is -0.130. The highest BCUT2D eigenvalue weighted by Gasteiger charge is 2.22. The van der Waals surface area contributed by atoms with E-state index in [1.54, 1.807) is 24.3 Å². The summed E-state index contributed by atoms with van der Waals surface area (Å²) in [7, 11) is 0. The van der Waals surface area contributed by atoms with Crippen LogP contribution in [-0.4, -0.2) is 61.8 Å². The maximum atomic E-state index is 12.5. The average molecular weight is 420 g/mol. The summed E-state index contributed by atoms with van der Waals surface area (Å²) < 4.78 is 0. The smallest absolute Gasteiger partial charge is 0.243 e. The van der Waals surface area contributed by atoms with Crippen molar-refractivity contribution in [2.45, 2.75) is 25.3 Å².